The number of nitrogens with one attached hydrogen (secondary N) is 2. The Morgan fingerprint density at radius 2 is 1.91 bits per heavy atom. The third kappa shape index (κ3) is 2.46. The summed E-state index contributed by atoms with van der Waals surface area (Å²) in [6.07, 6.45) is 2.67. The van der Waals surface area contributed by atoms with Gasteiger partial charge in [0, 0.05) is 23.4 Å². The number of hydrogen-bond donors (Lipinski definition) is 2. The molecule has 2 fully saturated rings. The third-order valence-electron chi connectivity index (χ3n) is 6.87. The highest BCUT2D eigenvalue weighted by Crippen LogP contribution is 2.54. The molecule has 2 N–H and O–H groups in total. The van der Waals surface area contributed by atoms with Crippen LogP contribution < -0.4 is 25.0 Å². The average Bonchev–Trinajstić information content (AvgIpc) is 3.52. The Hall–Kier alpha value is -3.04. The Labute approximate surface area is 188 Å². The van der Waals surface area contributed by atoms with Crippen molar-refractivity contribution in [3.63, 3.8) is 0 Å². The van der Waals surface area contributed by atoms with Crippen molar-refractivity contribution in [1.29, 1.82) is 0 Å². The molecule has 164 valence electrons. The summed E-state index contributed by atoms with van der Waals surface area (Å²) in [6, 6.07) is 12.1. The van der Waals surface area contributed by atoms with Crippen LogP contribution >= 0.6 is 11.8 Å². The van der Waals surface area contributed by atoms with Crippen LogP contribution in [0.5, 0.6) is 11.5 Å². The number of carbonyl (C=O) groups excluding carboxylic acids is 3. The second-order valence-corrected chi connectivity index (χ2v) is 9.38. The van der Waals surface area contributed by atoms with E-state index in [9.17, 15) is 14.4 Å². The molecule has 2 aromatic carbocycles. The van der Waals surface area contributed by atoms with Crippen LogP contribution in [0, 0.1) is 11.8 Å². The fourth-order valence-electron chi connectivity index (χ4n) is 5.53. The Morgan fingerprint density at radius 3 is 2.75 bits per heavy atom. The lowest BCUT2D eigenvalue weighted by atomic mass is 9.76. The number of para-hydroxylation sites is 1. The molecule has 0 saturated carbocycles. The minimum Gasteiger partial charge on any atom is -0.454 e. The highest BCUT2D eigenvalue weighted by molar-refractivity contribution is 7.98. The number of fused-ring (bicyclic) bond motifs is 5. The van der Waals surface area contributed by atoms with Gasteiger partial charge >= 0.3 is 0 Å². The first-order valence-corrected chi connectivity index (χ1v) is 11.9. The van der Waals surface area contributed by atoms with Crippen LogP contribution in [0.4, 0.5) is 11.4 Å². The maximum atomic E-state index is 13.8. The Bertz CT molecular complexity index is 1170. The molecule has 2 saturated heterocycles. The third-order valence-corrected chi connectivity index (χ3v) is 7.51. The number of rotatable bonds is 4. The molecule has 6 rings (SSSR count). The summed E-state index contributed by atoms with van der Waals surface area (Å²) < 4.78 is 10.8. The van der Waals surface area contributed by atoms with E-state index in [1.807, 2.05) is 30.5 Å². The van der Waals surface area contributed by atoms with Gasteiger partial charge in [-0.15, -0.1) is 0 Å². The standard InChI is InChI=1S/C23H21N3O5S/c1-32-9-8-15-18-19(23(25-15)13-4-2-3-5-14(13)24-22(23)29)21(28)26(20(18)27)12-6-7-16-17(10-12)31-11-30-16/h2-7,10,15,18-19,25H,8-9,11H2,1H3,(H,24,29). The first-order chi connectivity index (χ1) is 15.6. The molecule has 4 unspecified atom stereocenters. The predicted molar refractivity (Wildman–Crippen MR) is 119 cm³/mol. The van der Waals surface area contributed by atoms with Crippen LogP contribution in [0.3, 0.4) is 0 Å². The Balaban J connectivity index is 1.47. The van der Waals surface area contributed by atoms with Crippen molar-refractivity contribution in [3.05, 3.63) is 48.0 Å². The largest absolute Gasteiger partial charge is 0.454 e. The van der Waals surface area contributed by atoms with E-state index in [2.05, 4.69) is 10.6 Å². The molecule has 3 amide bonds. The lowest BCUT2D eigenvalue weighted by molar-refractivity contribution is -0.130. The van der Waals surface area contributed by atoms with Crippen LogP contribution in [0.1, 0.15) is 12.0 Å². The lowest BCUT2D eigenvalue weighted by Crippen LogP contribution is -2.53. The zero-order chi connectivity index (χ0) is 22.0. The summed E-state index contributed by atoms with van der Waals surface area (Å²) in [5.74, 6) is -0.506. The summed E-state index contributed by atoms with van der Waals surface area (Å²) in [7, 11) is 0. The quantitative estimate of drug-likeness (QED) is 0.687. The second kappa shape index (κ2) is 6.98. The maximum Gasteiger partial charge on any atom is 0.250 e. The van der Waals surface area contributed by atoms with Gasteiger partial charge in [-0.25, -0.2) is 4.90 Å². The number of nitrogens with zero attached hydrogens (tertiary/aromatic N) is 1. The minimum absolute atomic E-state index is 0.104. The van der Waals surface area contributed by atoms with Gasteiger partial charge in [0.2, 0.25) is 24.5 Å². The van der Waals surface area contributed by atoms with Crippen molar-refractivity contribution < 1.29 is 23.9 Å². The van der Waals surface area contributed by atoms with E-state index >= 15 is 0 Å². The van der Waals surface area contributed by atoms with E-state index in [0.29, 0.717) is 29.3 Å². The van der Waals surface area contributed by atoms with Gasteiger partial charge in [0.25, 0.3) is 0 Å². The van der Waals surface area contributed by atoms with Gasteiger partial charge in [0.05, 0.1) is 17.5 Å². The maximum absolute atomic E-state index is 13.8. The van der Waals surface area contributed by atoms with E-state index < -0.39 is 17.4 Å². The van der Waals surface area contributed by atoms with Gasteiger partial charge in [-0.2, -0.15) is 11.8 Å². The number of benzene rings is 2. The van der Waals surface area contributed by atoms with Crippen LogP contribution in [0.2, 0.25) is 0 Å². The van der Waals surface area contributed by atoms with Crippen LogP contribution in [-0.4, -0.2) is 42.6 Å². The van der Waals surface area contributed by atoms with Gasteiger partial charge in [-0.1, -0.05) is 18.2 Å². The van der Waals surface area contributed by atoms with Gasteiger partial charge in [0.15, 0.2) is 11.5 Å². The first kappa shape index (κ1) is 19.6. The number of imide groups is 1. The fourth-order valence-corrected chi connectivity index (χ4v) is 6.02. The van der Waals surface area contributed by atoms with Crippen molar-refractivity contribution in [2.75, 3.05) is 29.0 Å². The molecule has 4 atom stereocenters. The number of carbonyl (C=O) groups is 3. The van der Waals surface area contributed by atoms with Gasteiger partial charge in [-0.05, 0) is 36.6 Å². The minimum atomic E-state index is -1.26. The molecule has 0 aliphatic carbocycles. The highest BCUT2D eigenvalue weighted by Gasteiger charge is 2.70. The molecular formula is C23H21N3O5S. The van der Waals surface area contributed by atoms with Crippen LogP contribution in [-0.2, 0) is 19.9 Å². The van der Waals surface area contributed by atoms with E-state index in [1.54, 1.807) is 30.0 Å². The van der Waals surface area contributed by atoms with Crippen molar-refractivity contribution in [2.45, 2.75) is 18.0 Å². The van der Waals surface area contributed by atoms with E-state index in [1.165, 1.54) is 4.90 Å². The molecule has 2 aromatic rings. The molecule has 0 radical (unpaired) electrons. The van der Waals surface area contributed by atoms with Crippen LogP contribution in [0.15, 0.2) is 42.5 Å². The van der Waals surface area contributed by atoms with Crippen molar-refractivity contribution in [2.24, 2.45) is 11.8 Å². The first-order valence-electron chi connectivity index (χ1n) is 10.5. The summed E-state index contributed by atoms with van der Waals surface area (Å²) in [6.45, 7) is 0.104. The number of amides is 3. The van der Waals surface area contributed by atoms with Crippen molar-refractivity contribution in [1.82, 2.24) is 5.32 Å². The molecule has 0 aromatic heterocycles. The van der Waals surface area contributed by atoms with Gasteiger partial charge < -0.3 is 14.8 Å². The molecule has 32 heavy (non-hydrogen) atoms. The molecule has 1 spiro atoms. The van der Waals surface area contributed by atoms with Crippen molar-refractivity contribution in [3.8, 4) is 11.5 Å². The average molecular weight is 452 g/mol. The summed E-state index contributed by atoms with van der Waals surface area (Å²) >= 11 is 1.67. The second-order valence-electron chi connectivity index (χ2n) is 8.39. The van der Waals surface area contributed by atoms with Crippen LogP contribution in [0.25, 0.3) is 0 Å². The molecule has 0 bridgehead atoms. The van der Waals surface area contributed by atoms with E-state index in [0.717, 1.165) is 11.3 Å². The zero-order valence-electron chi connectivity index (χ0n) is 17.3. The van der Waals surface area contributed by atoms with E-state index in [-0.39, 0.29) is 30.6 Å². The number of thioether (sulfide) groups is 1. The smallest absolute Gasteiger partial charge is 0.250 e. The number of hydrogen-bond acceptors (Lipinski definition) is 7. The number of ether oxygens (including phenoxy) is 2. The van der Waals surface area contributed by atoms with Crippen molar-refractivity contribution >= 4 is 40.9 Å². The molecule has 4 aliphatic rings. The molecule has 9 heteroatoms. The summed E-state index contributed by atoms with van der Waals surface area (Å²) in [4.78, 5) is 42.1. The number of anilines is 2. The van der Waals surface area contributed by atoms with E-state index in [4.69, 9.17) is 9.47 Å². The summed E-state index contributed by atoms with van der Waals surface area (Å²) in [5.41, 5.74) is 0.572. The van der Waals surface area contributed by atoms with Gasteiger partial charge in [-0.3, -0.25) is 19.7 Å². The Morgan fingerprint density at radius 1 is 1.09 bits per heavy atom. The highest BCUT2D eigenvalue weighted by atomic mass is 32.2. The molecule has 4 heterocycles. The molecule has 8 nitrogen and oxygen atoms in total. The monoisotopic (exact) mass is 451 g/mol. The van der Waals surface area contributed by atoms with Gasteiger partial charge in [0.1, 0.15) is 5.54 Å². The molecular weight excluding hydrogens is 430 g/mol. The predicted octanol–water partition coefficient (Wildman–Crippen LogP) is 2.09. The normalized spacial score (nSPS) is 29.6. The fraction of sp³-hybridized carbons (Fsp3) is 0.348. The molecule has 4 aliphatic heterocycles. The SMILES string of the molecule is CSCCC1NC2(C(=O)Nc3ccccc32)C2C(=O)N(c3ccc4c(c3)OCO4)C(=O)C12. The summed E-state index contributed by atoms with van der Waals surface area (Å²) in [5, 5.41) is 6.36. The Kier molecular flexibility index (Phi) is 4.28. The topological polar surface area (TPSA) is 97.0 Å². The lowest BCUT2D eigenvalue weighted by Gasteiger charge is -2.29. The zero-order valence-corrected chi connectivity index (χ0v) is 18.1.